The molecule has 3 heterocycles. The molecule has 0 radical (unpaired) electrons. The molecule has 3 rings (SSSR count). The van der Waals surface area contributed by atoms with Crippen LogP contribution in [0, 0.1) is 0 Å². The Balaban J connectivity index is 2.40. The smallest absolute Gasteiger partial charge is 0.142 e. The molecule has 0 N–H and O–H groups in total. The number of aromatic nitrogens is 2. The van der Waals surface area contributed by atoms with Gasteiger partial charge in [0.1, 0.15) is 5.65 Å². The van der Waals surface area contributed by atoms with E-state index in [2.05, 4.69) is 41.5 Å². The van der Waals surface area contributed by atoms with Crippen molar-refractivity contribution in [3.8, 4) is 0 Å². The Bertz CT molecular complexity index is 600. The normalized spacial score (nSPS) is 15.2. The minimum Gasteiger partial charge on any atom is -0.327 e. The summed E-state index contributed by atoms with van der Waals surface area (Å²) in [4.78, 5) is 9.06. The molecule has 17 heavy (non-hydrogen) atoms. The van der Waals surface area contributed by atoms with Crippen molar-refractivity contribution < 1.29 is 0 Å². The van der Waals surface area contributed by atoms with Gasteiger partial charge >= 0.3 is 0 Å². The molecular weight excluding hydrogens is 210 g/mol. The minimum absolute atomic E-state index is 0.0606. The molecule has 3 heteroatoms. The summed E-state index contributed by atoms with van der Waals surface area (Å²) in [6.45, 7) is 6.62. The van der Waals surface area contributed by atoms with Gasteiger partial charge in [-0.25, -0.2) is 4.98 Å². The third-order valence-electron chi connectivity index (χ3n) is 3.24. The maximum atomic E-state index is 4.54. The van der Waals surface area contributed by atoms with Crippen molar-refractivity contribution in [2.45, 2.75) is 39.2 Å². The monoisotopic (exact) mass is 227 g/mol. The molecule has 0 atom stereocenters. The number of aryl methyl sites for hydroxylation is 1. The van der Waals surface area contributed by atoms with Crippen molar-refractivity contribution in [3.05, 3.63) is 24.0 Å². The Hall–Kier alpha value is -1.64. The Morgan fingerprint density at radius 1 is 1.29 bits per heavy atom. The molecule has 0 bridgehead atoms. The molecule has 1 aliphatic heterocycles. The van der Waals surface area contributed by atoms with E-state index in [1.165, 1.54) is 10.9 Å². The molecule has 88 valence electrons. The van der Waals surface area contributed by atoms with Crippen LogP contribution in [0.4, 0.5) is 5.69 Å². The Morgan fingerprint density at radius 2 is 2.12 bits per heavy atom. The van der Waals surface area contributed by atoms with Gasteiger partial charge in [0.2, 0.25) is 0 Å². The molecule has 1 aliphatic rings. The van der Waals surface area contributed by atoms with Gasteiger partial charge in [0.25, 0.3) is 0 Å². The molecule has 2 aromatic rings. The zero-order valence-electron chi connectivity index (χ0n) is 10.6. The fourth-order valence-corrected chi connectivity index (χ4v) is 2.40. The van der Waals surface area contributed by atoms with Crippen LogP contribution in [0.2, 0.25) is 0 Å². The van der Waals surface area contributed by atoms with Gasteiger partial charge in [-0.1, -0.05) is 0 Å². The third-order valence-corrected chi connectivity index (χ3v) is 3.24. The quantitative estimate of drug-likeness (QED) is 0.678. The molecule has 3 nitrogen and oxygen atoms in total. The van der Waals surface area contributed by atoms with E-state index in [0.717, 1.165) is 24.2 Å². The van der Waals surface area contributed by atoms with Crippen molar-refractivity contribution in [1.82, 2.24) is 9.55 Å². The lowest BCUT2D eigenvalue weighted by atomic mass is 10.1. The molecule has 0 fully saturated rings. The van der Waals surface area contributed by atoms with Gasteiger partial charge in [-0.3, -0.25) is 4.99 Å². The summed E-state index contributed by atoms with van der Waals surface area (Å²) in [6.07, 6.45) is 8.18. The highest BCUT2D eigenvalue weighted by Gasteiger charge is 2.21. The van der Waals surface area contributed by atoms with E-state index in [-0.39, 0.29) is 5.54 Å². The molecule has 0 saturated heterocycles. The summed E-state index contributed by atoms with van der Waals surface area (Å²) in [5, 5.41) is 1.23. The van der Waals surface area contributed by atoms with Crippen molar-refractivity contribution in [3.63, 3.8) is 0 Å². The highest BCUT2D eigenvalue weighted by atomic mass is 15.1. The van der Waals surface area contributed by atoms with Gasteiger partial charge < -0.3 is 4.57 Å². The largest absolute Gasteiger partial charge is 0.327 e. The van der Waals surface area contributed by atoms with Crippen LogP contribution in [0.3, 0.4) is 0 Å². The molecular formula is C14H17N3. The summed E-state index contributed by atoms with van der Waals surface area (Å²) in [5.74, 6) is 0. The zero-order valence-corrected chi connectivity index (χ0v) is 10.6. The molecule has 0 unspecified atom stereocenters. The van der Waals surface area contributed by atoms with Gasteiger partial charge in [0, 0.05) is 29.5 Å². The fraction of sp³-hybridized carbons (Fsp3) is 0.429. The fourth-order valence-electron chi connectivity index (χ4n) is 2.40. The summed E-state index contributed by atoms with van der Waals surface area (Å²) >= 11 is 0. The SMILES string of the molecule is CC(C)(C)n1cc2c3c(ccnc31)N=CCC2. The van der Waals surface area contributed by atoms with Crippen LogP contribution in [0.1, 0.15) is 32.8 Å². The van der Waals surface area contributed by atoms with Crippen LogP contribution in [0.5, 0.6) is 0 Å². The number of aliphatic imine (C=N–C) groups is 1. The summed E-state index contributed by atoms with van der Waals surface area (Å²) in [5.41, 5.74) is 3.55. The van der Waals surface area contributed by atoms with Crippen molar-refractivity contribution in [2.75, 3.05) is 0 Å². The van der Waals surface area contributed by atoms with E-state index in [9.17, 15) is 0 Å². The van der Waals surface area contributed by atoms with E-state index < -0.39 is 0 Å². The van der Waals surface area contributed by atoms with Crippen LogP contribution in [0.15, 0.2) is 23.5 Å². The second kappa shape index (κ2) is 3.42. The van der Waals surface area contributed by atoms with E-state index in [1.807, 2.05) is 18.5 Å². The van der Waals surface area contributed by atoms with Crippen LogP contribution in [-0.4, -0.2) is 15.8 Å². The minimum atomic E-state index is 0.0606. The van der Waals surface area contributed by atoms with E-state index in [1.54, 1.807) is 0 Å². The number of hydrogen-bond donors (Lipinski definition) is 0. The molecule has 0 aromatic carbocycles. The van der Waals surface area contributed by atoms with E-state index in [4.69, 9.17) is 0 Å². The second-order valence-corrected chi connectivity index (χ2v) is 5.57. The first kappa shape index (κ1) is 10.5. The van der Waals surface area contributed by atoms with Crippen molar-refractivity contribution in [2.24, 2.45) is 4.99 Å². The highest BCUT2D eigenvalue weighted by molar-refractivity contribution is 5.94. The van der Waals surface area contributed by atoms with Gasteiger partial charge in [-0.15, -0.1) is 0 Å². The third kappa shape index (κ3) is 1.57. The van der Waals surface area contributed by atoms with Gasteiger partial charge in [-0.2, -0.15) is 0 Å². The van der Waals surface area contributed by atoms with Crippen LogP contribution in [-0.2, 0) is 12.0 Å². The molecule has 0 amide bonds. The first-order valence-electron chi connectivity index (χ1n) is 6.09. The van der Waals surface area contributed by atoms with Crippen molar-refractivity contribution >= 4 is 22.9 Å². The Labute approximate surface area is 101 Å². The van der Waals surface area contributed by atoms with Crippen LogP contribution in [0.25, 0.3) is 11.0 Å². The lowest BCUT2D eigenvalue weighted by Gasteiger charge is -2.22. The topological polar surface area (TPSA) is 30.2 Å². The zero-order chi connectivity index (χ0) is 12.0. The maximum Gasteiger partial charge on any atom is 0.142 e. The highest BCUT2D eigenvalue weighted by Crippen LogP contribution is 2.34. The lowest BCUT2D eigenvalue weighted by Crippen LogP contribution is -2.20. The Kier molecular flexibility index (Phi) is 2.12. The number of hydrogen-bond acceptors (Lipinski definition) is 2. The second-order valence-electron chi connectivity index (χ2n) is 5.57. The van der Waals surface area contributed by atoms with Crippen molar-refractivity contribution in [1.29, 1.82) is 0 Å². The molecule has 0 aliphatic carbocycles. The molecule has 2 aromatic heterocycles. The maximum absolute atomic E-state index is 4.54. The molecule has 0 spiro atoms. The predicted octanol–water partition coefficient (Wildman–Crippen LogP) is 3.44. The van der Waals surface area contributed by atoms with Gasteiger partial charge in [0.15, 0.2) is 0 Å². The summed E-state index contributed by atoms with van der Waals surface area (Å²) < 4.78 is 2.27. The first-order valence-corrected chi connectivity index (χ1v) is 6.09. The average Bonchev–Trinajstić information content (AvgIpc) is 2.51. The number of nitrogens with zero attached hydrogens (tertiary/aromatic N) is 3. The lowest BCUT2D eigenvalue weighted by molar-refractivity contribution is 0.408. The van der Waals surface area contributed by atoms with Crippen LogP contribution >= 0.6 is 0 Å². The molecule has 0 saturated carbocycles. The average molecular weight is 227 g/mol. The Morgan fingerprint density at radius 3 is 2.88 bits per heavy atom. The summed E-state index contributed by atoms with van der Waals surface area (Å²) in [6, 6.07) is 2.00. The van der Waals surface area contributed by atoms with E-state index >= 15 is 0 Å². The number of pyridine rings is 1. The van der Waals surface area contributed by atoms with Crippen LogP contribution < -0.4 is 0 Å². The van der Waals surface area contributed by atoms with Gasteiger partial charge in [-0.05, 0) is 45.2 Å². The van der Waals surface area contributed by atoms with Gasteiger partial charge in [0.05, 0.1) is 5.69 Å². The predicted molar refractivity (Wildman–Crippen MR) is 71.2 cm³/mol. The van der Waals surface area contributed by atoms with E-state index in [0.29, 0.717) is 0 Å². The standard InChI is InChI=1S/C14H17N3/c1-14(2,3)17-9-10-5-4-7-15-11-6-8-16-13(17)12(10)11/h6-9H,4-5H2,1-3H3. The number of rotatable bonds is 0. The first-order chi connectivity index (χ1) is 8.07. The summed E-state index contributed by atoms with van der Waals surface area (Å²) in [7, 11) is 0.